The molecule has 0 unspecified atom stereocenters. The van der Waals surface area contributed by atoms with Crippen LogP contribution in [0.3, 0.4) is 0 Å². The Labute approximate surface area is 314 Å². The predicted octanol–water partition coefficient (Wildman–Crippen LogP) is 4.40. The number of carbonyl (C=O) groups is 3. The van der Waals surface area contributed by atoms with E-state index < -0.39 is 16.8 Å². The van der Waals surface area contributed by atoms with Crippen LogP contribution in [-0.4, -0.2) is 137 Å². The van der Waals surface area contributed by atoms with Crippen molar-refractivity contribution in [3.05, 3.63) is 58.8 Å². The van der Waals surface area contributed by atoms with E-state index in [4.69, 9.17) is 14.2 Å². The lowest BCUT2D eigenvalue weighted by Gasteiger charge is -2.34. The van der Waals surface area contributed by atoms with Gasteiger partial charge in [-0.05, 0) is 86.6 Å². The summed E-state index contributed by atoms with van der Waals surface area (Å²) in [6.07, 6.45) is 0. The highest BCUT2D eigenvalue weighted by atomic mass is 16.6. The van der Waals surface area contributed by atoms with Gasteiger partial charge in [0.05, 0.1) is 30.7 Å². The first-order chi connectivity index (χ1) is 24.8. The quantitative estimate of drug-likeness (QED) is 0.177. The molecule has 3 aromatic rings. The summed E-state index contributed by atoms with van der Waals surface area (Å²) in [5.41, 5.74) is -0.0547. The molecule has 0 amide bonds. The van der Waals surface area contributed by atoms with Crippen LogP contribution in [0, 0.1) is 0 Å². The summed E-state index contributed by atoms with van der Waals surface area (Å²) in [5.74, 6) is -0.926. The summed E-state index contributed by atoms with van der Waals surface area (Å²) >= 11 is 0. The van der Waals surface area contributed by atoms with Crippen molar-refractivity contribution in [2.75, 3.05) is 78.5 Å². The van der Waals surface area contributed by atoms with Gasteiger partial charge in [0.15, 0.2) is 5.43 Å². The molecule has 2 aromatic carbocycles. The molecule has 2 heterocycles. The van der Waals surface area contributed by atoms with E-state index in [1.54, 1.807) is 0 Å². The highest BCUT2D eigenvalue weighted by molar-refractivity contribution is 5.93. The number of ether oxygens (including phenoxy) is 3. The molecule has 4 rings (SSSR count). The molecule has 1 fully saturated rings. The van der Waals surface area contributed by atoms with Crippen molar-refractivity contribution in [3.8, 4) is 0 Å². The Morgan fingerprint density at radius 2 is 0.792 bits per heavy atom. The smallest absolute Gasteiger partial charge is 0.320 e. The number of benzene rings is 2. The Morgan fingerprint density at radius 1 is 0.491 bits per heavy atom. The van der Waals surface area contributed by atoms with E-state index in [9.17, 15) is 19.2 Å². The SMILES string of the molecule is CC(C)(C)OC(=O)CN1CCN(CCn2c3ccccc3c(=O)c3ccccc32)CCN(CC(=O)OC(C)(C)C)CCN(CC(=O)OC(C)(C)C)CC1. The average Bonchev–Trinajstić information content (AvgIpc) is 3.02. The fourth-order valence-corrected chi connectivity index (χ4v) is 6.50. The van der Waals surface area contributed by atoms with Gasteiger partial charge in [0.25, 0.3) is 0 Å². The maximum Gasteiger partial charge on any atom is 0.320 e. The van der Waals surface area contributed by atoms with Gasteiger partial charge in [0.2, 0.25) is 0 Å². The van der Waals surface area contributed by atoms with Gasteiger partial charge in [-0.3, -0.25) is 38.8 Å². The fourth-order valence-electron chi connectivity index (χ4n) is 6.50. The first-order valence-corrected chi connectivity index (χ1v) is 18.8. The third-order valence-electron chi connectivity index (χ3n) is 8.77. The molecule has 0 atom stereocenters. The van der Waals surface area contributed by atoms with Crippen molar-refractivity contribution in [2.24, 2.45) is 0 Å². The third kappa shape index (κ3) is 13.8. The number of fused-ring (bicyclic) bond motifs is 2. The van der Waals surface area contributed by atoms with Crippen LogP contribution in [0.2, 0.25) is 0 Å². The number of rotatable bonds is 9. The molecule has 0 saturated carbocycles. The van der Waals surface area contributed by atoms with E-state index in [0.29, 0.717) is 76.2 Å². The molecule has 53 heavy (non-hydrogen) atoms. The van der Waals surface area contributed by atoms with Crippen LogP contribution in [0.4, 0.5) is 0 Å². The van der Waals surface area contributed by atoms with E-state index in [-0.39, 0.29) is 43.0 Å². The normalized spacial score (nSPS) is 16.9. The van der Waals surface area contributed by atoms with Crippen LogP contribution in [0.5, 0.6) is 0 Å². The van der Waals surface area contributed by atoms with E-state index in [1.165, 1.54) is 0 Å². The van der Waals surface area contributed by atoms with Gasteiger partial charge >= 0.3 is 17.9 Å². The van der Waals surface area contributed by atoms with Gasteiger partial charge in [0, 0.05) is 76.2 Å². The molecule has 0 radical (unpaired) electrons. The summed E-state index contributed by atoms with van der Waals surface area (Å²) < 4.78 is 19.3. The zero-order valence-corrected chi connectivity index (χ0v) is 33.4. The second kappa shape index (κ2) is 18.0. The molecule has 292 valence electrons. The number of hydrogen-bond donors (Lipinski definition) is 0. The summed E-state index contributed by atoms with van der Waals surface area (Å²) in [6, 6.07) is 15.5. The van der Waals surface area contributed by atoms with Crippen molar-refractivity contribution in [3.63, 3.8) is 0 Å². The number of carbonyl (C=O) groups excluding carboxylic acids is 3. The van der Waals surface area contributed by atoms with E-state index in [2.05, 4.69) is 19.3 Å². The Bertz CT molecular complexity index is 1660. The van der Waals surface area contributed by atoms with Gasteiger partial charge in [-0.2, -0.15) is 0 Å². The molecule has 12 nitrogen and oxygen atoms in total. The monoisotopic (exact) mass is 735 g/mol. The summed E-state index contributed by atoms with van der Waals surface area (Å²) in [5, 5.41) is 1.37. The second-order valence-electron chi connectivity index (χ2n) is 16.9. The van der Waals surface area contributed by atoms with Crippen molar-refractivity contribution >= 4 is 39.7 Å². The van der Waals surface area contributed by atoms with Crippen molar-refractivity contribution in [2.45, 2.75) is 85.7 Å². The summed E-state index contributed by atoms with van der Waals surface area (Å²) in [4.78, 5) is 61.1. The molecule has 1 aliphatic rings. The Hall–Kier alpha value is -3.84. The summed E-state index contributed by atoms with van der Waals surface area (Å²) in [6.45, 7) is 22.8. The number of esters is 3. The zero-order valence-electron chi connectivity index (χ0n) is 33.4. The lowest BCUT2D eigenvalue weighted by molar-refractivity contribution is -0.158. The Morgan fingerprint density at radius 3 is 1.11 bits per heavy atom. The zero-order chi connectivity index (χ0) is 39.0. The number of nitrogens with zero attached hydrogens (tertiary/aromatic N) is 5. The van der Waals surface area contributed by atoms with E-state index >= 15 is 0 Å². The Kier molecular flexibility index (Phi) is 14.2. The van der Waals surface area contributed by atoms with E-state index in [1.807, 2.05) is 116 Å². The predicted molar refractivity (Wildman–Crippen MR) is 209 cm³/mol. The van der Waals surface area contributed by atoms with Crippen LogP contribution in [0.25, 0.3) is 21.8 Å². The molecular formula is C41H61N5O7. The summed E-state index contributed by atoms with van der Waals surface area (Å²) in [7, 11) is 0. The third-order valence-corrected chi connectivity index (χ3v) is 8.77. The van der Waals surface area contributed by atoms with Crippen LogP contribution in [0.1, 0.15) is 62.3 Å². The molecule has 12 heteroatoms. The standard InChI is InChI=1S/C41H61N5O7/c1-39(2,3)51-35(47)28-43-20-18-42(26-27-46-33-16-12-10-14-31(33)38(50)32-15-11-13-17-34(32)46)19-21-44(29-36(48)52-40(4,5)6)23-25-45(24-22-43)30-37(49)53-41(7,8)9/h10-17H,18-30H2,1-9H3. The minimum Gasteiger partial charge on any atom is -0.459 e. The maximum absolute atomic E-state index is 13.4. The maximum atomic E-state index is 13.4. The lowest BCUT2D eigenvalue weighted by atomic mass is 10.1. The lowest BCUT2D eigenvalue weighted by Crippen LogP contribution is -2.49. The van der Waals surface area contributed by atoms with Crippen molar-refractivity contribution in [1.29, 1.82) is 0 Å². The van der Waals surface area contributed by atoms with Crippen LogP contribution >= 0.6 is 0 Å². The highest BCUT2D eigenvalue weighted by Gasteiger charge is 2.26. The van der Waals surface area contributed by atoms with Gasteiger partial charge < -0.3 is 18.8 Å². The molecular weight excluding hydrogens is 674 g/mol. The largest absolute Gasteiger partial charge is 0.459 e. The number of aromatic nitrogens is 1. The first-order valence-electron chi connectivity index (χ1n) is 18.8. The van der Waals surface area contributed by atoms with Crippen LogP contribution in [0.15, 0.2) is 53.3 Å². The number of pyridine rings is 1. The number of hydrogen-bond acceptors (Lipinski definition) is 11. The fraction of sp³-hybridized carbons (Fsp3) is 0.610. The molecule has 0 N–H and O–H groups in total. The highest BCUT2D eigenvalue weighted by Crippen LogP contribution is 2.20. The Balaban J connectivity index is 1.62. The average molecular weight is 736 g/mol. The molecule has 0 spiro atoms. The molecule has 1 aliphatic heterocycles. The van der Waals surface area contributed by atoms with Gasteiger partial charge in [-0.25, -0.2) is 0 Å². The molecule has 1 saturated heterocycles. The first kappa shape index (κ1) is 41.9. The van der Waals surface area contributed by atoms with Gasteiger partial charge in [-0.1, -0.05) is 24.3 Å². The van der Waals surface area contributed by atoms with Crippen LogP contribution in [-0.2, 0) is 35.1 Å². The van der Waals surface area contributed by atoms with Gasteiger partial charge in [-0.15, -0.1) is 0 Å². The van der Waals surface area contributed by atoms with Crippen LogP contribution < -0.4 is 5.43 Å². The van der Waals surface area contributed by atoms with Crippen molar-refractivity contribution in [1.82, 2.24) is 24.2 Å². The molecule has 0 bridgehead atoms. The molecule has 0 aliphatic carbocycles. The number of para-hydroxylation sites is 2. The minimum absolute atomic E-state index is 0.0232. The molecule has 1 aromatic heterocycles. The van der Waals surface area contributed by atoms with Gasteiger partial charge in [0.1, 0.15) is 16.8 Å². The topological polar surface area (TPSA) is 114 Å². The van der Waals surface area contributed by atoms with E-state index in [0.717, 1.165) is 11.0 Å². The second-order valence-corrected chi connectivity index (χ2v) is 16.9. The minimum atomic E-state index is -0.619. The van der Waals surface area contributed by atoms with Crippen molar-refractivity contribution < 1.29 is 28.6 Å².